The van der Waals surface area contributed by atoms with Crippen LogP contribution in [0.5, 0.6) is 0 Å². The highest BCUT2D eigenvalue weighted by atomic mass is 32.2. The summed E-state index contributed by atoms with van der Waals surface area (Å²) in [5.74, 6) is -1.98. The fourth-order valence-electron chi connectivity index (χ4n) is 2.72. The third-order valence-electron chi connectivity index (χ3n) is 4.09. The van der Waals surface area contributed by atoms with Crippen molar-refractivity contribution in [2.75, 3.05) is 10.1 Å². The molecular weight excluding hydrogens is 359 g/mol. The summed E-state index contributed by atoms with van der Waals surface area (Å²) < 4.78 is 37.8. The van der Waals surface area contributed by atoms with E-state index in [4.69, 9.17) is 0 Å². The zero-order chi connectivity index (χ0) is 18.9. The van der Waals surface area contributed by atoms with Crippen molar-refractivity contribution in [3.8, 4) is 0 Å². The maximum Gasteiger partial charge on any atom is 0.251 e. The van der Waals surface area contributed by atoms with Gasteiger partial charge in [0.25, 0.3) is 5.91 Å². The van der Waals surface area contributed by atoms with Crippen LogP contribution >= 0.6 is 0 Å². The molecule has 0 bridgehead atoms. The van der Waals surface area contributed by atoms with E-state index < -0.39 is 21.8 Å². The van der Waals surface area contributed by atoms with Crippen LogP contribution in [0.3, 0.4) is 0 Å². The molecule has 0 spiro atoms. The van der Waals surface area contributed by atoms with Crippen molar-refractivity contribution >= 4 is 27.5 Å². The first-order valence-corrected chi connectivity index (χ1v) is 9.58. The first kappa shape index (κ1) is 18.1. The van der Waals surface area contributed by atoms with Gasteiger partial charge in [-0.25, -0.2) is 17.1 Å². The lowest BCUT2D eigenvalue weighted by Gasteiger charge is -2.15. The summed E-state index contributed by atoms with van der Waals surface area (Å²) in [7, 11) is -3.67. The van der Waals surface area contributed by atoms with E-state index in [-0.39, 0.29) is 29.7 Å². The molecule has 0 aliphatic carbocycles. The maximum atomic E-state index is 12.9. The molecule has 1 atom stereocenters. The average Bonchev–Trinajstić information content (AvgIpc) is 2.81. The number of amides is 2. The summed E-state index contributed by atoms with van der Waals surface area (Å²) in [6.45, 7) is 1.80. The van der Waals surface area contributed by atoms with E-state index >= 15 is 0 Å². The van der Waals surface area contributed by atoms with Crippen LogP contribution in [0.25, 0.3) is 0 Å². The molecule has 1 saturated heterocycles. The molecule has 2 amide bonds. The van der Waals surface area contributed by atoms with Gasteiger partial charge in [0.1, 0.15) is 5.82 Å². The van der Waals surface area contributed by atoms with Gasteiger partial charge in [0.15, 0.2) is 0 Å². The van der Waals surface area contributed by atoms with Crippen LogP contribution in [0, 0.1) is 11.7 Å². The Morgan fingerprint density at radius 2 is 1.77 bits per heavy atom. The number of hydrogen-bond donors (Lipinski definition) is 1. The van der Waals surface area contributed by atoms with Gasteiger partial charge in [0, 0.05) is 12.1 Å². The highest BCUT2D eigenvalue weighted by Gasteiger charge is 2.41. The standard InChI is InChI=1S/C18H17FN2O4S/c1-12-11-26(24,25)21(18(12)23)16-8-4-14(5-9-16)17(22)20-10-13-2-6-15(19)7-3-13/h2-9,12H,10-11H2,1H3,(H,20,22)/t12-/m0/s1. The van der Waals surface area contributed by atoms with Gasteiger partial charge in [-0.3, -0.25) is 9.59 Å². The SMILES string of the molecule is C[C@H]1CS(=O)(=O)N(c2ccc(C(=O)NCc3ccc(F)cc3)cc2)C1=O. The smallest absolute Gasteiger partial charge is 0.251 e. The molecule has 0 aromatic heterocycles. The van der Waals surface area contributed by atoms with E-state index in [1.807, 2.05) is 0 Å². The second kappa shape index (κ2) is 6.87. The molecule has 1 heterocycles. The van der Waals surface area contributed by atoms with Crippen LogP contribution in [0.1, 0.15) is 22.8 Å². The van der Waals surface area contributed by atoms with E-state index in [0.29, 0.717) is 5.56 Å². The van der Waals surface area contributed by atoms with Crippen LogP contribution in [-0.2, 0) is 21.4 Å². The fourth-order valence-corrected chi connectivity index (χ4v) is 4.54. The van der Waals surface area contributed by atoms with E-state index in [9.17, 15) is 22.4 Å². The Morgan fingerprint density at radius 1 is 1.15 bits per heavy atom. The second-order valence-corrected chi connectivity index (χ2v) is 8.00. The molecule has 1 fully saturated rings. The third-order valence-corrected chi connectivity index (χ3v) is 5.96. The van der Waals surface area contributed by atoms with Crippen LogP contribution in [-0.4, -0.2) is 26.0 Å². The molecule has 0 radical (unpaired) electrons. The number of benzene rings is 2. The number of hydrogen-bond acceptors (Lipinski definition) is 4. The van der Waals surface area contributed by atoms with Crippen molar-refractivity contribution in [3.05, 3.63) is 65.5 Å². The molecule has 1 N–H and O–H groups in total. The molecule has 1 aliphatic heterocycles. The predicted octanol–water partition coefficient (Wildman–Crippen LogP) is 2.07. The fraction of sp³-hybridized carbons (Fsp3) is 0.222. The zero-order valence-electron chi connectivity index (χ0n) is 14.0. The Balaban J connectivity index is 1.70. The molecular formula is C18H17FN2O4S. The number of rotatable bonds is 4. The number of anilines is 1. The van der Waals surface area contributed by atoms with Crippen LogP contribution < -0.4 is 9.62 Å². The van der Waals surface area contributed by atoms with Crippen LogP contribution in [0.4, 0.5) is 10.1 Å². The lowest BCUT2D eigenvalue weighted by Crippen LogP contribution is -2.30. The Kier molecular flexibility index (Phi) is 4.78. The Bertz CT molecular complexity index is 940. The molecule has 3 rings (SSSR count). The minimum Gasteiger partial charge on any atom is -0.348 e. The van der Waals surface area contributed by atoms with Crippen LogP contribution in [0.15, 0.2) is 48.5 Å². The topological polar surface area (TPSA) is 83.6 Å². The largest absolute Gasteiger partial charge is 0.348 e. The Hall–Kier alpha value is -2.74. The van der Waals surface area contributed by atoms with Gasteiger partial charge < -0.3 is 5.32 Å². The number of carbonyl (C=O) groups is 2. The minimum atomic E-state index is -3.67. The van der Waals surface area contributed by atoms with E-state index in [2.05, 4.69) is 5.32 Å². The van der Waals surface area contributed by atoms with E-state index in [0.717, 1.165) is 9.87 Å². The second-order valence-electron chi connectivity index (χ2n) is 6.14. The van der Waals surface area contributed by atoms with Crippen molar-refractivity contribution < 1.29 is 22.4 Å². The van der Waals surface area contributed by atoms with Gasteiger partial charge >= 0.3 is 0 Å². The highest BCUT2D eigenvalue weighted by molar-refractivity contribution is 7.94. The zero-order valence-corrected chi connectivity index (χ0v) is 14.8. The minimum absolute atomic E-state index is 0.217. The van der Waals surface area contributed by atoms with Crippen molar-refractivity contribution in [2.45, 2.75) is 13.5 Å². The normalized spacial score (nSPS) is 18.8. The summed E-state index contributed by atoms with van der Waals surface area (Å²) in [6, 6.07) is 11.5. The summed E-state index contributed by atoms with van der Waals surface area (Å²) in [6.07, 6.45) is 0. The van der Waals surface area contributed by atoms with Gasteiger partial charge in [-0.2, -0.15) is 0 Å². The van der Waals surface area contributed by atoms with Crippen molar-refractivity contribution in [1.82, 2.24) is 5.32 Å². The van der Waals surface area contributed by atoms with Gasteiger partial charge in [0.2, 0.25) is 15.9 Å². The third kappa shape index (κ3) is 3.60. The number of nitrogens with one attached hydrogen (secondary N) is 1. The molecule has 2 aromatic rings. The quantitative estimate of drug-likeness (QED) is 0.885. The lowest BCUT2D eigenvalue weighted by molar-refractivity contribution is -0.119. The van der Waals surface area contributed by atoms with E-state index in [1.165, 1.54) is 36.4 Å². The van der Waals surface area contributed by atoms with Crippen molar-refractivity contribution in [3.63, 3.8) is 0 Å². The average molecular weight is 376 g/mol. The lowest BCUT2D eigenvalue weighted by atomic mass is 10.1. The first-order valence-electron chi connectivity index (χ1n) is 7.97. The number of nitrogens with zero attached hydrogens (tertiary/aromatic N) is 1. The molecule has 0 saturated carbocycles. The van der Waals surface area contributed by atoms with Gasteiger partial charge in [-0.1, -0.05) is 19.1 Å². The Morgan fingerprint density at radius 3 is 2.31 bits per heavy atom. The highest BCUT2D eigenvalue weighted by Crippen LogP contribution is 2.28. The summed E-state index contributed by atoms with van der Waals surface area (Å²) in [5, 5.41) is 2.70. The van der Waals surface area contributed by atoms with E-state index in [1.54, 1.807) is 19.1 Å². The number of halogens is 1. The Labute approximate surface area is 150 Å². The van der Waals surface area contributed by atoms with Crippen molar-refractivity contribution in [2.24, 2.45) is 5.92 Å². The van der Waals surface area contributed by atoms with Crippen LogP contribution in [0.2, 0.25) is 0 Å². The predicted molar refractivity (Wildman–Crippen MR) is 94.4 cm³/mol. The summed E-state index contributed by atoms with van der Waals surface area (Å²) in [4.78, 5) is 24.2. The molecule has 26 heavy (non-hydrogen) atoms. The molecule has 6 nitrogen and oxygen atoms in total. The maximum absolute atomic E-state index is 12.9. The molecule has 2 aromatic carbocycles. The van der Waals surface area contributed by atoms with Gasteiger partial charge in [0.05, 0.1) is 17.4 Å². The number of carbonyl (C=O) groups excluding carboxylic acids is 2. The summed E-state index contributed by atoms with van der Waals surface area (Å²) >= 11 is 0. The molecule has 8 heteroatoms. The monoisotopic (exact) mass is 376 g/mol. The molecule has 1 aliphatic rings. The summed E-state index contributed by atoms with van der Waals surface area (Å²) in [5.41, 5.74) is 1.29. The van der Waals surface area contributed by atoms with Crippen molar-refractivity contribution in [1.29, 1.82) is 0 Å². The molecule has 136 valence electrons. The van der Waals surface area contributed by atoms with Gasteiger partial charge in [-0.15, -0.1) is 0 Å². The number of sulfonamides is 1. The first-order chi connectivity index (χ1) is 12.3. The van der Waals surface area contributed by atoms with Gasteiger partial charge in [-0.05, 0) is 42.0 Å². The molecule has 0 unspecified atom stereocenters.